The molecule has 1 aromatic heterocycles. The van der Waals surface area contributed by atoms with E-state index in [1.807, 2.05) is 32.9 Å². The molecule has 4 nitrogen and oxygen atoms in total. The zero-order valence-electron chi connectivity index (χ0n) is 13.5. The van der Waals surface area contributed by atoms with Crippen molar-refractivity contribution in [2.24, 2.45) is 0 Å². The molecule has 0 bridgehead atoms. The quantitative estimate of drug-likeness (QED) is 0.810. The van der Waals surface area contributed by atoms with Crippen LogP contribution < -0.4 is 4.74 Å². The molecule has 0 aliphatic heterocycles. The Labute approximate surface area is 133 Å². The molecule has 1 aliphatic carbocycles. The SMILES string of the molecule is CC(C)(C)c1nc(-c2ccc(C3CC3)c(OCC(F)F)c2)no1. The van der Waals surface area contributed by atoms with Gasteiger partial charge >= 0.3 is 0 Å². The van der Waals surface area contributed by atoms with Crippen molar-refractivity contribution in [3.05, 3.63) is 29.7 Å². The summed E-state index contributed by atoms with van der Waals surface area (Å²) in [7, 11) is 0. The zero-order valence-corrected chi connectivity index (χ0v) is 13.5. The first-order chi connectivity index (χ1) is 10.8. The van der Waals surface area contributed by atoms with Crippen molar-refractivity contribution in [1.29, 1.82) is 0 Å². The van der Waals surface area contributed by atoms with Crippen LogP contribution in [0.4, 0.5) is 8.78 Å². The second kappa shape index (κ2) is 5.91. The molecule has 6 heteroatoms. The number of halogens is 2. The van der Waals surface area contributed by atoms with Crippen molar-refractivity contribution in [3.63, 3.8) is 0 Å². The van der Waals surface area contributed by atoms with Gasteiger partial charge in [0.1, 0.15) is 12.4 Å². The number of rotatable bonds is 5. The van der Waals surface area contributed by atoms with Crippen LogP contribution in [0.2, 0.25) is 0 Å². The van der Waals surface area contributed by atoms with Crippen molar-refractivity contribution in [2.45, 2.75) is 51.4 Å². The third kappa shape index (κ3) is 3.68. The molecule has 0 saturated heterocycles. The molecule has 23 heavy (non-hydrogen) atoms. The molecule has 0 unspecified atom stereocenters. The van der Waals surface area contributed by atoms with E-state index in [0.29, 0.717) is 28.9 Å². The summed E-state index contributed by atoms with van der Waals surface area (Å²) in [5.41, 5.74) is 1.45. The maximum atomic E-state index is 12.5. The summed E-state index contributed by atoms with van der Waals surface area (Å²) in [6.45, 7) is 5.34. The molecule has 1 aliphatic rings. The second-order valence-electron chi connectivity index (χ2n) is 6.90. The first-order valence-electron chi connectivity index (χ1n) is 7.74. The molecule has 1 heterocycles. The van der Waals surface area contributed by atoms with E-state index >= 15 is 0 Å². The van der Waals surface area contributed by atoms with Crippen LogP contribution in [0.25, 0.3) is 11.4 Å². The fourth-order valence-electron chi connectivity index (χ4n) is 2.33. The minimum absolute atomic E-state index is 0.242. The monoisotopic (exact) mass is 322 g/mol. The number of ether oxygens (including phenoxy) is 1. The van der Waals surface area contributed by atoms with E-state index in [1.165, 1.54) is 0 Å². The van der Waals surface area contributed by atoms with Crippen molar-refractivity contribution >= 4 is 0 Å². The smallest absolute Gasteiger partial charge is 0.272 e. The Morgan fingerprint density at radius 1 is 1.30 bits per heavy atom. The van der Waals surface area contributed by atoms with Crippen LogP contribution in [-0.4, -0.2) is 23.2 Å². The van der Waals surface area contributed by atoms with E-state index in [2.05, 4.69) is 10.1 Å². The molecular weight excluding hydrogens is 302 g/mol. The highest BCUT2D eigenvalue weighted by Gasteiger charge is 2.28. The third-order valence-corrected chi connectivity index (χ3v) is 3.72. The van der Waals surface area contributed by atoms with Gasteiger partial charge in [-0.1, -0.05) is 38.1 Å². The van der Waals surface area contributed by atoms with Crippen LogP contribution in [-0.2, 0) is 5.41 Å². The average molecular weight is 322 g/mol. The topological polar surface area (TPSA) is 48.2 Å². The predicted octanol–water partition coefficient (Wildman–Crippen LogP) is 4.56. The fraction of sp³-hybridized carbons (Fsp3) is 0.529. The number of nitrogens with zero attached hydrogens (tertiary/aromatic N) is 2. The lowest BCUT2D eigenvalue weighted by Gasteiger charge is -2.12. The maximum absolute atomic E-state index is 12.5. The lowest BCUT2D eigenvalue weighted by Crippen LogP contribution is -2.11. The molecular formula is C17H20F2N2O2. The molecule has 1 aromatic carbocycles. The van der Waals surface area contributed by atoms with Gasteiger partial charge in [-0.05, 0) is 30.4 Å². The molecule has 1 fully saturated rings. The summed E-state index contributed by atoms with van der Waals surface area (Å²) in [6.07, 6.45) is -0.356. The number of benzene rings is 1. The molecule has 0 radical (unpaired) electrons. The van der Waals surface area contributed by atoms with Crippen molar-refractivity contribution < 1.29 is 18.0 Å². The Hall–Kier alpha value is -1.98. The maximum Gasteiger partial charge on any atom is 0.272 e. The minimum Gasteiger partial charge on any atom is -0.487 e. The van der Waals surface area contributed by atoms with E-state index in [4.69, 9.17) is 9.26 Å². The van der Waals surface area contributed by atoms with Gasteiger partial charge in [0.2, 0.25) is 11.7 Å². The number of hydrogen-bond acceptors (Lipinski definition) is 4. The highest BCUT2D eigenvalue weighted by atomic mass is 19.3. The molecule has 124 valence electrons. The van der Waals surface area contributed by atoms with Crippen LogP contribution in [0.1, 0.15) is 51.0 Å². The van der Waals surface area contributed by atoms with Gasteiger partial charge in [-0.25, -0.2) is 8.78 Å². The number of aromatic nitrogens is 2. The molecule has 3 rings (SSSR count). The largest absolute Gasteiger partial charge is 0.487 e. The summed E-state index contributed by atoms with van der Waals surface area (Å²) < 4.78 is 35.5. The molecule has 0 atom stereocenters. The van der Waals surface area contributed by atoms with Gasteiger partial charge < -0.3 is 9.26 Å². The molecule has 1 saturated carbocycles. The standard InChI is InChI=1S/C17H20F2N2O2/c1-17(2,3)16-20-15(21-23-16)11-6-7-12(10-4-5-10)13(8-11)22-9-14(18)19/h6-8,10,14H,4-5,9H2,1-3H3. The van der Waals surface area contributed by atoms with E-state index < -0.39 is 13.0 Å². The van der Waals surface area contributed by atoms with Crippen molar-refractivity contribution in [2.75, 3.05) is 6.61 Å². The summed E-state index contributed by atoms with van der Waals surface area (Å²) >= 11 is 0. The summed E-state index contributed by atoms with van der Waals surface area (Å²) in [6, 6.07) is 5.54. The molecule has 0 spiro atoms. The summed E-state index contributed by atoms with van der Waals surface area (Å²) in [4.78, 5) is 4.40. The predicted molar refractivity (Wildman–Crippen MR) is 81.9 cm³/mol. The summed E-state index contributed by atoms with van der Waals surface area (Å²) in [5.74, 6) is 1.88. The van der Waals surface area contributed by atoms with Gasteiger partial charge in [-0.15, -0.1) is 0 Å². The highest BCUT2D eigenvalue weighted by Crippen LogP contribution is 2.45. The lowest BCUT2D eigenvalue weighted by atomic mass is 9.97. The van der Waals surface area contributed by atoms with E-state index in [0.717, 1.165) is 18.4 Å². The van der Waals surface area contributed by atoms with Crippen LogP contribution in [0.5, 0.6) is 5.75 Å². The Kier molecular flexibility index (Phi) is 4.08. The summed E-state index contributed by atoms with van der Waals surface area (Å²) in [5, 5.41) is 3.99. The first-order valence-corrected chi connectivity index (χ1v) is 7.74. The fourth-order valence-corrected chi connectivity index (χ4v) is 2.33. The lowest BCUT2D eigenvalue weighted by molar-refractivity contribution is 0.0814. The molecule has 0 amide bonds. The molecule has 0 N–H and O–H groups in total. The van der Waals surface area contributed by atoms with Gasteiger partial charge in [-0.3, -0.25) is 0 Å². The van der Waals surface area contributed by atoms with Crippen LogP contribution in [0, 0.1) is 0 Å². The van der Waals surface area contributed by atoms with Gasteiger partial charge in [0.05, 0.1) is 0 Å². The van der Waals surface area contributed by atoms with Crippen LogP contribution >= 0.6 is 0 Å². The van der Waals surface area contributed by atoms with Crippen molar-refractivity contribution in [1.82, 2.24) is 10.1 Å². The average Bonchev–Trinajstić information content (AvgIpc) is 3.19. The van der Waals surface area contributed by atoms with Gasteiger partial charge in [-0.2, -0.15) is 4.98 Å². The second-order valence-corrected chi connectivity index (χ2v) is 6.90. The van der Waals surface area contributed by atoms with Gasteiger partial charge in [0.25, 0.3) is 6.43 Å². The van der Waals surface area contributed by atoms with Crippen LogP contribution in [0.15, 0.2) is 22.7 Å². The molecule has 2 aromatic rings. The Bertz CT molecular complexity index is 688. The van der Waals surface area contributed by atoms with Crippen molar-refractivity contribution in [3.8, 4) is 17.1 Å². The van der Waals surface area contributed by atoms with Gasteiger partial charge in [0, 0.05) is 11.0 Å². The van der Waals surface area contributed by atoms with Gasteiger partial charge in [0.15, 0.2) is 0 Å². The minimum atomic E-state index is -2.50. The third-order valence-electron chi connectivity index (χ3n) is 3.72. The highest BCUT2D eigenvalue weighted by molar-refractivity contribution is 5.60. The number of alkyl halides is 2. The normalized spacial score (nSPS) is 15.2. The van der Waals surface area contributed by atoms with E-state index in [9.17, 15) is 8.78 Å². The van der Waals surface area contributed by atoms with Crippen LogP contribution in [0.3, 0.4) is 0 Å². The van der Waals surface area contributed by atoms with E-state index in [-0.39, 0.29) is 5.41 Å². The van der Waals surface area contributed by atoms with E-state index in [1.54, 1.807) is 6.07 Å². The first kappa shape index (κ1) is 15.9. The Morgan fingerprint density at radius 2 is 2.04 bits per heavy atom. The number of hydrogen-bond donors (Lipinski definition) is 0. The Morgan fingerprint density at radius 3 is 2.61 bits per heavy atom. The zero-order chi connectivity index (χ0) is 16.6. The Balaban J connectivity index is 1.90.